The predicted molar refractivity (Wildman–Crippen MR) is 125 cm³/mol. The number of methoxy groups -OCH3 is 1. The van der Waals surface area contributed by atoms with Gasteiger partial charge in [0.1, 0.15) is 28.2 Å². The summed E-state index contributed by atoms with van der Waals surface area (Å²) >= 11 is 1.48. The fourth-order valence-corrected chi connectivity index (χ4v) is 4.22. The van der Waals surface area contributed by atoms with Crippen LogP contribution in [-0.2, 0) is 7.05 Å². The van der Waals surface area contributed by atoms with Crippen molar-refractivity contribution in [3.8, 4) is 34.1 Å². The maximum absolute atomic E-state index is 6.15. The highest BCUT2D eigenvalue weighted by atomic mass is 32.1. The maximum Gasteiger partial charge on any atom is 0.258 e. The SMILES string of the molecule is COc1cc2ncnc(-c3cn(C)nc3-c3ccccc3)c2nc1O[C@H](C)c1nnc(C)s1. The highest BCUT2D eigenvalue weighted by Crippen LogP contribution is 2.37. The molecule has 0 aliphatic heterocycles. The number of aryl methyl sites for hydroxylation is 2. The highest BCUT2D eigenvalue weighted by molar-refractivity contribution is 7.11. The van der Waals surface area contributed by atoms with Crippen LogP contribution < -0.4 is 9.47 Å². The molecule has 0 saturated heterocycles. The molecule has 4 heterocycles. The second kappa shape index (κ2) is 8.55. The van der Waals surface area contributed by atoms with Crippen LogP contribution in [0, 0.1) is 6.92 Å². The van der Waals surface area contributed by atoms with Crippen LogP contribution >= 0.6 is 11.3 Å². The zero-order valence-corrected chi connectivity index (χ0v) is 19.4. The minimum absolute atomic E-state index is 0.339. The Balaban J connectivity index is 1.64. The van der Waals surface area contributed by atoms with Gasteiger partial charge >= 0.3 is 0 Å². The standard InChI is InChI=1S/C23H21N7O2S/c1-13(23-28-27-14(2)33-23)32-22-18(31-4)10-17-21(26-22)20(25-12-24-17)16-11-30(3)29-19(16)15-8-6-5-7-9-15/h5-13H,1-4H3/t13-/m1/s1. The quantitative estimate of drug-likeness (QED) is 0.368. The molecule has 0 N–H and O–H groups in total. The number of rotatable bonds is 6. The largest absolute Gasteiger partial charge is 0.491 e. The van der Waals surface area contributed by atoms with Gasteiger partial charge in [-0.2, -0.15) is 5.10 Å². The van der Waals surface area contributed by atoms with E-state index in [0.29, 0.717) is 28.4 Å². The van der Waals surface area contributed by atoms with Gasteiger partial charge in [-0.25, -0.2) is 15.0 Å². The third kappa shape index (κ3) is 4.00. The van der Waals surface area contributed by atoms with E-state index in [0.717, 1.165) is 26.8 Å². The molecular weight excluding hydrogens is 438 g/mol. The lowest BCUT2D eigenvalue weighted by Gasteiger charge is -2.15. The third-order valence-corrected chi connectivity index (χ3v) is 6.07. The molecule has 0 spiro atoms. The van der Waals surface area contributed by atoms with Crippen LogP contribution in [-0.4, -0.2) is 42.0 Å². The third-order valence-electron chi connectivity index (χ3n) is 5.07. The van der Waals surface area contributed by atoms with Crippen molar-refractivity contribution in [3.63, 3.8) is 0 Å². The molecule has 0 radical (unpaired) electrons. The number of fused-ring (bicyclic) bond motifs is 1. The second-order valence-corrected chi connectivity index (χ2v) is 8.65. The number of hydrogen-bond donors (Lipinski definition) is 0. The van der Waals surface area contributed by atoms with Gasteiger partial charge in [-0.15, -0.1) is 10.2 Å². The highest BCUT2D eigenvalue weighted by Gasteiger charge is 2.21. The number of nitrogens with zero attached hydrogens (tertiary/aromatic N) is 7. The molecule has 0 unspecified atom stereocenters. The molecule has 5 rings (SSSR count). The Morgan fingerprint density at radius 1 is 1.06 bits per heavy atom. The van der Waals surface area contributed by atoms with Gasteiger partial charge in [0.15, 0.2) is 16.9 Å². The average Bonchev–Trinajstić information content (AvgIpc) is 3.44. The predicted octanol–water partition coefficient (Wildman–Crippen LogP) is 4.40. The van der Waals surface area contributed by atoms with Crippen molar-refractivity contribution in [3.05, 3.63) is 58.9 Å². The molecule has 33 heavy (non-hydrogen) atoms. The first-order chi connectivity index (χ1) is 16.0. The average molecular weight is 460 g/mol. The lowest BCUT2D eigenvalue weighted by Crippen LogP contribution is -2.06. The molecule has 166 valence electrons. The zero-order chi connectivity index (χ0) is 22.9. The van der Waals surface area contributed by atoms with Gasteiger partial charge in [0, 0.05) is 30.4 Å². The molecule has 0 amide bonds. The summed E-state index contributed by atoms with van der Waals surface area (Å²) in [6, 6.07) is 11.8. The van der Waals surface area contributed by atoms with Gasteiger partial charge in [-0.3, -0.25) is 4.68 Å². The number of pyridine rings is 1. The van der Waals surface area contributed by atoms with E-state index in [-0.39, 0.29) is 6.10 Å². The summed E-state index contributed by atoms with van der Waals surface area (Å²) in [7, 11) is 3.46. The Morgan fingerprint density at radius 3 is 2.61 bits per heavy atom. The van der Waals surface area contributed by atoms with Crippen LogP contribution in [0.1, 0.15) is 23.0 Å². The van der Waals surface area contributed by atoms with Gasteiger partial charge in [0.2, 0.25) is 0 Å². The van der Waals surface area contributed by atoms with Crippen LogP contribution in [0.25, 0.3) is 33.5 Å². The molecule has 1 aromatic carbocycles. The van der Waals surface area contributed by atoms with E-state index in [2.05, 4.69) is 25.3 Å². The Bertz CT molecular complexity index is 1430. The van der Waals surface area contributed by atoms with E-state index in [1.807, 2.05) is 57.4 Å². The van der Waals surface area contributed by atoms with Crippen LogP contribution in [0.3, 0.4) is 0 Å². The first-order valence-corrected chi connectivity index (χ1v) is 11.1. The fraction of sp³-hybridized carbons (Fsp3) is 0.217. The van der Waals surface area contributed by atoms with Crippen LogP contribution in [0.4, 0.5) is 0 Å². The van der Waals surface area contributed by atoms with Crippen LogP contribution in [0.5, 0.6) is 11.6 Å². The van der Waals surface area contributed by atoms with Crippen molar-refractivity contribution < 1.29 is 9.47 Å². The summed E-state index contributed by atoms with van der Waals surface area (Å²) < 4.78 is 13.5. The van der Waals surface area contributed by atoms with Gasteiger partial charge in [0.05, 0.1) is 12.6 Å². The fourth-order valence-electron chi connectivity index (χ4n) is 3.54. The van der Waals surface area contributed by atoms with Gasteiger partial charge in [-0.05, 0) is 13.8 Å². The number of ether oxygens (including phenoxy) is 2. The molecule has 9 nitrogen and oxygen atoms in total. The molecule has 0 fully saturated rings. The van der Waals surface area contributed by atoms with Crippen molar-refractivity contribution in [1.29, 1.82) is 0 Å². The molecular formula is C23H21N7O2S. The molecule has 0 bridgehead atoms. The molecule has 0 aliphatic rings. The molecule has 4 aromatic heterocycles. The summed E-state index contributed by atoms with van der Waals surface area (Å²) in [5.41, 5.74) is 4.57. The van der Waals surface area contributed by atoms with E-state index < -0.39 is 0 Å². The Kier molecular flexibility index (Phi) is 5.43. The van der Waals surface area contributed by atoms with Gasteiger partial charge < -0.3 is 9.47 Å². The van der Waals surface area contributed by atoms with E-state index in [4.69, 9.17) is 14.5 Å². The first kappa shape index (κ1) is 21.0. The number of benzene rings is 1. The van der Waals surface area contributed by atoms with Crippen molar-refractivity contribution >= 4 is 22.4 Å². The van der Waals surface area contributed by atoms with Crippen molar-refractivity contribution in [2.45, 2.75) is 20.0 Å². The maximum atomic E-state index is 6.15. The zero-order valence-electron chi connectivity index (χ0n) is 18.6. The minimum atomic E-state index is -0.346. The molecule has 5 aromatic rings. The number of aromatic nitrogens is 7. The summed E-state index contributed by atoms with van der Waals surface area (Å²) in [6.45, 7) is 3.81. The van der Waals surface area contributed by atoms with Gasteiger partial charge in [-0.1, -0.05) is 41.7 Å². The van der Waals surface area contributed by atoms with E-state index in [9.17, 15) is 0 Å². The Hall–Kier alpha value is -3.92. The van der Waals surface area contributed by atoms with Crippen molar-refractivity contribution in [2.75, 3.05) is 7.11 Å². The van der Waals surface area contributed by atoms with E-state index >= 15 is 0 Å². The summed E-state index contributed by atoms with van der Waals surface area (Å²) in [4.78, 5) is 13.8. The van der Waals surface area contributed by atoms with Crippen LogP contribution in [0.15, 0.2) is 48.9 Å². The minimum Gasteiger partial charge on any atom is -0.491 e. The summed E-state index contributed by atoms with van der Waals surface area (Å²) in [5.74, 6) is 0.821. The lowest BCUT2D eigenvalue weighted by atomic mass is 10.0. The molecule has 0 aliphatic carbocycles. The lowest BCUT2D eigenvalue weighted by molar-refractivity contribution is 0.206. The van der Waals surface area contributed by atoms with Crippen molar-refractivity contribution in [1.82, 2.24) is 34.9 Å². The summed E-state index contributed by atoms with van der Waals surface area (Å²) in [6.07, 6.45) is 3.11. The first-order valence-electron chi connectivity index (χ1n) is 10.3. The van der Waals surface area contributed by atoms with E-state index in [1.165, 1.54) is 17.7 Å². The molecule has 10 heteroatoms. The smallest absolute Gasteiger partial charge is 0.258 e. The Labute approximate surface area is 194 Å². The molecule has 0 saturated carbocycles. The van der Waals surface area contributed by atoms with Crippen LogP contribution in [0.2, 0.25) is 0 Å². The topological polar surface area (TPSA) is 101 Å². The van der Waals surface area contributed by atoms with E-state index in [1.54, 1.807) is 17.9 Å². The normalized spacial score (nSPS) is 12.1. The monoisotopic (exact) mass is 459 g/mol. The van der Waals surface area contributed by atoms with Crippen molar-refractivity contribution in [2.24, 2.45) is 7.05 Å². The Morgan fingerprint density at radius 2 is 1.88 bits per heavy atom. The summed E-state index contributed by atoms with van der Waals surface area (Å²) in [5, 5.41) is 14.6. The second-order valence-electron chi connectivity index (χ2n) is 7.44. The molecule has 1 atom stereocenters. The number of hydrogen-bond acceptors (Lipinski definition) is 9. The van der Waals surface area contributed by atoms with Gasteiger partial charge in [0.25, 0.3) is 5.88 Å².